The minimum absolute atomic E-state index is 0.388. The monoisotopic (exact) mass is 295 g/mol. The van der Waals surface area contributed by atoms with Crippen LogP contribution in [0.3, 0.4) is 0 Å². The first-order chi connectivity index (χ1) is 10.3. The molecule has 2 aromatic carbocycles. The molecule has 21 heavy (non-hydrogen) atoms. The van der Waals surface area contributed by atoms with Gasteiger partial charge in [-0.15, -0.1) is 10.2 Å². The Morgan fingerprint density at radius 2 is 1.52 bits per heavy atom. The lowest BCUT2D eigenvalue weighted by atomic mass is 10.1. The third kappa shape index (κ3) is 3.38. The predicted molar refractivity (Wildman–Crippen MR) is 86.2 cm³/mol. The molecule has 0 saturated heterocycles. The first-order valence-corrected chi connectivity index (χ1v) is 7.07. The van der Waals surface area contributed by atoms with Gasteiger partial charge in [0.05, 0.1) is 0 Å². The van der Waals surface area contributed by atoms with E-state index in [-0.39, 0.29) is 0 Å². The van der Waals surface area contributed by atoms with Gasteiger partial charge in [0.25, 0.3) is 0 Å². The fraction of sp³-hybridized carbons (Fsp3) is 0.0588. The summed E-state index contributed by atoms with van der Waals surface area (Å²) >= 11 is 5.98. The van der Waals surface area contributed by atoms with Crippen molar-refractivity contribution in [2.45, 2.75) is 6.54 Å². The summed E-state index contributed by atoms with van der Waals surface area (Å²) in [6.07, 6.45) is 0. The van der Waals surface area contributed by atoms with Crippen LogP contribution < -0.4 is 5.32 Å². The van der Waals surface area contributed by atoms with Crippen molar-refractivity contribution in [1.29, 1.82) is 0 Å². The second-order valence-corrected chi connectivity index (χ2v) is 5.02. The number of hydrogen-bond donors (Lipinski definition) is 1. The number of rotatable bonds is 4. The lowest BCUT2D eigenvalue weighted by molar-refractivity contribution is 1.00. The lowest BCUT2D eigenvalue weighted by Crippen LogP contribution is -2.04. The molecule has 4 heteroatoms. The summed E-state index contributed by atoms with van der Waals surface area (Å²) in [5, 5.41) is 11.8. The topological polar surface area (TPSA) is 37.8 Å². The SMILES string of the molecule is Clc1cc(-c2ccccc2)c(NCc2ccccc2)nn1. The van der Waals surface area contributed by atoms with E-state index in [0.29, 0.717) is 11.7 Å². The summed E-state index contributed by atoms with van der Waals surface area (Å²) < 4.78 is 0. The molecule has 3 nitrogen and oxygen atoms in total. The second-order valence-electron chi connectivity index (χ2n) is 4.63. The van der Waals surface area contributed by atoms with Crippen molar-refractivity contribution in [2.24, 2.45) is 0 Å². The average Bonchev–Trinajstić information content (AvgIpc) is 2.55. The highest BCUT2D eigenvalue weighted by molar-refractivity contribution is 6.29. The van der Waals surface area contributed by atoms with Gasteiger partial charge in [-0.25, -0.2) is 0 Å². The highest BCUT2D eigenvalue weighted by Crippen LogP contribution is 2.27. The van der Waals surface area contributed by atoms with E-state index in [4.69, 9.17) is 11.6 Å². The molecule has 104 valence electrons. The number of hydrogen-bond acceptors (Lipinski definition) is 3. The Hall–Kier alpha value is -2.39. The smallest absolute Gasteiger partial charge is 0.156 e. The van der Waals surface area contributed by atoms with Crippen LogP contribution in [0, 0.1) is 0 Å². The zero-order valence-electron chi connectivity index (χ0n) is 11.3. The van der Waals surface area contributed by atoms with Crippen LogP contribution in [0.2, 0.25) is 5.15 Å². The van der Waals surface area contributed by atoms with Crippen molar-refractivity contribution in [3.8, 4) is 11.1 Å². The molecule has 1 heterocycles. The molecule has 0 amide bonds. The van der Waals surface area contributed by atoms with E-state index in [1.165, 1.54) is 5.56 Å². The van der Waals surface area contributed by atoms with Crippen LogP contribution in [0.5, 0.6) is 0 Å². The average molecular weight is 296 g/mol. The maximum absolute atomic E-state index is 5.98. The van der Waals surface area contributed by atoms with E-state index in [2.05, 4.69) is 27.6 Å². The molecule has 0 fully saturated rings. The van der Waals surface area contributed by atoms with Gasteiger partial charge in [-0.1, -0.05) is 72.3 Å². The number of anilines is 1. The van der Waals surface area contributed by atoms with Crippen molar-refractivity contribution < 1.29 is 0 Å². The van der Waals surface area contributed by atoms with Gasteiger partial charge >= 0.3 is 0 Å². The van der Waals surface area contributed by atoms with Crippen LogP contribution in [0.1, 0.15) is 5.56 Å². The maximum atomic E-state index is 5.98. The van der Waals surface area contributed by atoms with Crippen LogP contribution in [-0.2, 0) is 6.54 Å². The normalized spacial score (nSPS) is 10.3. The minimum Gasteiger partial charge on any atom is -0.364 e. The van der Waals surface area contributed by atoms with Crippen molar-refractivity contribution in [1.82, 2.24) is 10.2 Å². The van der Waals surface area contributed by atoms with Gasteiger partial charge in [0.15, 0.2) is 11.0 Å². The molecule has 0 saturated carbocycles. The van der Waals surface area contributed by atoms with Gasteiger partial charge in [-0.3, -0.25) is 0 Å². The number of nitrogens with zero attached hydrogens (tertiary/aromatic N) is 2. The van der Waals surface area contributed by atoms with Crippen molar-refractivity contribution in [3.63, 3.8) is 0 Å². The third-order valence-electron chi connectivity index (χ3n) is 3.15. The summed E-state index contributed by atoms with van der Waals surface area (Å²) in [5.41, 5.74) is 3.20. The summed E-state index contributed by atoms with van der Waals surface area (Å²) in [6, 6.07) is 22.0. The Kier molecular flexibility index (Phi) is 4.12. The molecule has 3 rings (SSSR count). The van der Waals surface area contributed by atoms with Crippen molar-refractivity contribution in [2.75, 3.05) is 5.32 Å². The number of benzene rings is 2. The van der Waals surface area contributed by atoms with E-state index in [9.17, 15) is 0 Å². The molecule has 1 N–H and O–H groups in total. The Balaban J connectivity index is 1.88. The molecule has 3 aromatic rings. The molecule has 0 atom stereocenters. The summed E-state index contributed by atoms with van der Waals surface area (Å²) in [4.78, 5) is 0. The molecule has 0 spiro atoms. The summed E-state index contributed by atoms with van der Waals surface area (Å²) in [5.74, 6) is 0.731. The second kappa shape index (κ2) is 6.37. The molecular weight excluding hydrogens is 282 g/mol. The Bertz CT molecular complexity index is 715. The Morgan fingerprint density at radius 3 is 2.24 bits per heavy atom. The Morgan fingerprint density at radius 1 is 0.857 bits per heavy atom. The quantitative estimate of drug-likeness (QED) is 0.775. The molecular formula is C17H14ClN3. The van der Waals surface area contributed by atoms with E-state index in [1.54, 1.807) is 0 Å². The van der Waals surface area contributed by atoms with Crippen LogP contribution >= 0.6 is 11.6 Å². The molecule has 0 aliphatic rings. The van der Waals surface area contributed by atoms with Crippen LogP contribution in [0.15, 0.2) is 66.7 Å². The third-order valence-corrected chi connectivity index (χ3v) is 3.34. The number of nitrogens with one attached hydrogen (secondary N) is 1. The molecule has 0 unspecified atom stereocenters. The van der Waals surface area contributed by atoms with Crippen molar-refractivity contribution in [3.05, 3.63) is 77.4 Å². The van der Waals surface area contributed by atoms with Gasteiger partial charge in [-0.05, 0) is 17.2 Å². The fourth-order valence-corrected chi connectivity index (χ4v) is 2.26. The van der Waals surface area contributed by atoms with Crippen molar-refractivity contribution >= 4 is 17.4 Å². The standard InChI is InChI=1S/C17H14ClN3/c18-16-11-15(14-9-5-2-6-10-14)17(21-20-16)19-12-13-7-3-1-4-8-13/h1-11H,12H2,(H,19,21). The largest absolute Gasteiger partial charge is 0.364 e. The van der Waals surface area contributed by atoms with E-state index in [0.717, 1.165) is 16.9 Å². The molecule has 0 aliphatic carbocycles. The van der Waals surface area contributed by atoms with Crippen LogP contribution in [0.25, 0.3) is 11.1 Å². The first-order valence-electron chi connectivity index (χ1n) is 6.69. The van der Waals surface area contributed by atoms with Gasteiger partial charge < -0.3 is 5.32 Å². The van der Waals surface area contributed by atoms with Gasteiger partial charge in [0, 0.05) is 12.1 Å². The first kappa shape index (κ1) is 13.6. The molecule has 0 aliphatic heterocycles. The fourth-order valence-electron chi connectivity index (χ4n) is 2.12. The number of halogens is 1. The highest BCUT2D eigenvalue weighted by Gasteiger charge is 2.08. The van der Waals surface area contributed by atoms with E-state index in [1.807, 2.05) is 54.6 Å². The van der Waals surface area contributed by atoms with Gasteiger partial charge in [0.2, 0.25) is 0 Å². The van der Waals surface area contributed by atoms with E-state index >= 15 is 0 Å². The van der Waals surface area contributed by atoms with E-state index < -0.39 is 0 Å². The Labute approximate surface area is 128 Å². The lowest BCUT2D eigenvalue weighted by Gasteiger charge is -2.11. The van der Waals surface area contributed by atoms with Gasteiger partial charge in [0.1, 0.15) is 0 Å². The summed E-state index contributed by atoms with van der Waals surface area (Å²) in [6.45, 7) is 0.691. The van der Waals surface area contributed by atoms with Crippen LogP contribution in [0.4, 0.5) is 5.82 Å². The molecule has 1 aromatic heterocycles. The maximum Gasteiger partial charge on any atom is 0.156 e. The summed E-state index contributed by atoms with van der Waals surface area (Å²) in [7, 11) is 0. The van der Waals surface area contributed by atoms with Crippen LogP contribution in [-0.4, -0.2) is 10.2 Å². The predicted octanol–water partition coefficient (Wildman–Crippen LogP) is 4.41. The van der Waals surface area contributed by atoms with Gasteiger partial charge in [-0.2, -0.15) is 0 Å². The molecule has 0 radical (unpaired) electrons. The zero-order chi connectivity index (χ0) is 14.5. The zero-order valence-corrected chi connectivity index (χ0v) is 12.1. The number of aromatic nitrogens is 2. The molecule has 0 bridgehead atoms. The highest BCUT2D eigenvalue weighted by atomic mass is 35.5. The minimum atomic E-state index is 0.388.